The Labute approximate surface area is 178 Å². The first-order valence-electron chi connectivity index (χ1n) is 9.40. The number of carbonyl (C=O) groups excluding carboxylic acids is 1. The van der Waals surface area contributed by atoms with Crippen LogP contribution in [0.25, 0.3) is 0 Å². The summed E-state index contributed by atoms with van der Waals surface area (Å²) in [5.74, 6) is -0.673. The normalized spacial score (nSPS) is 11.9. The van der Waals surface area contributed by atoms with Crippen molar-refractivity contribution in [2.45, 2.75) is 19.4 Å². The summed E-state index contributed by atoms with van der Waals surface area (Å²) >= 11 is 5.94. The SMILES string of the molecule is CC[C@@H](Nc1c(Nc2cccc(C(=O)N(C)C)c2O)c(=O)c1=O)c1ccc(Cl)cc1. The van der Waals surface area contributed by atoms with E-state index in [2.05, 4.69) is 10.6 Å². The average molecular weight is 428 g/mol. The summed E-state index contributed by atoms with van der Waals surface area (Å²) in [6, 6.07) is 11.6. The minimum Gasteiger partial charge on any atom is -0.505 e. The lowest BCUT2D eigenvalue weighted by Gasteiger charge is -2.22. The van der Waals surface area contributed by atoms with Crippen LogP contribution < -0.4 is 21.5 Å². The second-order valence-corrected chi connectivity index (χ2v) is 7.53. The van der Waals surface area contributed by atoms with Gasteiger partial charge in [0, 0.05) is 19.1 Å². The predicted molar refractivity (Wildman–Crippen MR) is 119 cm³/mol. The van der Waals surface area contributed by atoms with Crippen molar-refractivity contribution in [3.05, 3.63) is 79.1 Å². The van der Waals surface area contributed by atoms with E-state index in [0.29, 0.717) is 11.4 Å². The molecule has 1 atom stereocenters. The van der Waals surface area contributed by atoms with Crippen LogP contribution in [0.4, 0.5) is 17.1 Å². The minimum absolute atomic E-state index is 0.0529. The van der Waals surface area contributed by atoms with Crippen LogP contribution in [0.3, 0.4) is 0 Å². The van der Waals surface area contributed by atoms with Gasteiger partial charge in [0.05, 0.1) is 17.3 Å². The van der Waals surface area contributed by atoms with E-state index in [0.717, 1.165) is 5.56 Å². The molecule has 0 aliphatic rings. The third-order valence-corrected chi connectivity index (χ3v) is 5.09. The number of anilines is 3. The molecular formula is C22H22ClN3O4. The van der Waals surface area contributed by atoms with Crippen LogP contribution in [0, 0.1) is 0 Å². The smallest absolute Gasteiger partial charge is 0.257 e. The second kappa shape index (κ2) is 8.59. The Morgan fingerprint density at radius 3 is 2.30 bits per heavy atom. The lowest BCUT2D eigenvalue weighted by Crippen LogP contribution is -2.37. The monoisotopic (exact) mass is 427 g/mol. The van der Waals surface area contributed by atoms with Crippen molar-refractivity contribution < 1.29 is 9.90 Å². The van der Waals surface area contributed by atoms with Gasteiger partial charge in [0.15, 0.2) is 5.75 Å². The number of nitrogens with one attached hydrogen (secondary N) is 2. The van der Waals surface area contributed by atoms with Crippen LogP contribution in [0.1, 0.15) is 35.3 Å². The summed E-state index contributed by atoms with van der Waals surface area (Å²) in [5.41, 5.74) is 0.0466. The lowest BCUT2D eigenvalue weighted by atomic mass is 10.0. The third kappa shape index (κ3) is 4.02. The highest BCUT2D eigenvalue weighted by Gasteiger charge is 2.25. The Kier molecular flexibility index (Phi) is 6.12. The Balaban J connectivity index is 1.90. The van der Waals surface area contributed by atoms with Crippen LogP contribution in [0.2, 0.25) is 5.02 Å². The van der Waals surface area contributed by atoms with Gasteiger partial charge in [0.1, 0.15) is 11.4 Å². The summed E-state index contributed by atoms with van der Waals surface area (Å²) in [4.78, 5) is 37.9. The van der Waals surface area contributed by atoms with Crippen molar-refractivity contribution >= 4 is 34.6 Å². The summed E-state index contributed by atoms with van der Waals surface area (Å²) in [6.07, 6.45) is 0.665. The molecule has 3 rings (SSSR count). The van der Waals surface area contributed by atoms with E-state index < -0.39 is 10.9 Å². The first-order chi connectivity index (χ1) is 14.2. The summed E-state index contributed by atoms with van der Waals surface area (Å²) in [7, 11) is 3.14. The van der Waals surface area contributed by atoms with Gasteiger partial charge in [-0.15, -0.1) is 0 Å². The molecule has 0 aliphatic carbocycles. The number of halogens is 1. The zero-order chi connectivity index (χ0) is 22.0. The molecule has 0 bridgehead atoms. The molecule has 1 amide bonds. The van der Waals surface area contributed by atoms with E-state index in [1.807, 2.05) is 19.1 Å². The van der Waals surface area contributed by atoms with E-state index >= 15 is 0 Å². The maximum Gasteiger partial charge on any atom is 0.257 e. The van der Waals surface area contributed by atoms with Crippen molar-refractivity contribution in [1.29, 1.82) is 0 Å². The number of aromatic hydroxyl groups is 1. The average Bonchev–Trinajstić information content (AvgIpc) is 2.74. The van der Waals surface area contributed by atoms with Gasteiger partial charge in [-0.1, -0.05) is 36.7 Å². The van der Waals surface area contributed by atoms with Gasteiger partial charge in [-0.2, -0.15) is 0 Å². The van der Waals surface area contributed by atoms with Gasteiger partial charge in [-0.25, -0.2) is 0 Å². The van der Waals surface area contributed by atoms with Crippen molar-refractivity contribution in [2.75, 3.05) is 24.7 Å². The molecule has 0 radical (unpaired) electrons. The molecule has 0 saturated heterocycles. The molecule has 8 heteroatoms. The van der Waals surface area contributed by atoms with Crippen LogP contribution in [0.15, 0.2) is 52.1 Å². The fraction of sp³-hybridized carbons (Fsp3) is 0.227. The van der Waals surface area contributed by atoms with E-state index in [1.165, 1.54) is 17.0 Å². The molecule has 3 aromatic carbocycles. The molecule has 0 spiro atoms. The molecule has 0 unspecified atom stereocenters. The molecule has 3 aromatic rings. The molecule has 0 saturated carbocycles. The topological polar surface area (TPSA) is 98.7 Å². The first kappa shape index (κ1) is 21.4. The fourth-order valence-electron chi connectivity index (χ4n) is 3.13. The van der Waals surface area contributed by atoms with Gasteiger partial charge >= 0.3 is 0 Å². The number of para-hydroxylation sites is 1. The minimum atomic E-state index is -0.688. The highest BCUT2D eigenvalue weighted by atomic mass is 35.5. The highest BCUT2D eigenvalue weighted by molar-refractivity contribution is 6.30. The maximum absolute atomic E-state index is 12.2. The lowest BCUT2D eigenvalue weighted by molar-refractivity contribution is 0.0824. The number of rotatable bonds is 7. The Morgan fingerprint density at radius 2 is 1.70 bits per heavy atom. The van der Waals surface area contributed by atoms with Crippen molar-refractivity contribution in [1.82, 2.24) is 4.90 Å². The van der Waals surface area contributed by atoms with Crippen molar-refractivity contribution in [3.63, 3.8) is 0 Å². The van der Waals surface area contributed by atoms with E-state index in [1.54, 1.807) is 32.3 Å². The molecule has 30 heavy (non-hydrogen) atoms. The number of carbonyl (C=O) groups is 1. The second-order valence-electron chi connectivity index (χ2n) is 7.09. The summed E-state index contributed by atoms with van der Waals surface area (Å²) in [6.45, 7) is 1.95. The number of hydrogen-bond donors (Lipinski definition) is 3. The van der Waals surface area contributed by atoms with Crippen LogP contribution >= 0.6 is 11.6 Å². The molecule has 3 N–H and O–H groups in total. The van der Waals surface area contributed by atoms with Gasteiger partial charge in [-0.05, 0) is 36.2 Å². The highest BCUT2D eigenvalue weighted by Crippen LogP contribution is 2.33. The number of phenolic OH excluding ortho intramolecular Hbond substituents is 1. The van der Waals surface area contributed by atoms with E-state index in [9.17, 15) is 19.5 Å². The van der Waals surface area contributed by atoms with Gasteiger partial charge < -0.3 is 20.6 Å². The summed E-state index contributed by atoms with van der Waals surface area (Å²) in [5, 5.41) is 17.0. The molecule has 156 valence electrons. The first-order valence-corrected chi connectivity index (χ1v) is 9.78. The zero-order valence-electron chi connectivity index (χ0n) is 16.8. The van der Waals surface area contributed by atoms with Crippen molar-refractivity contribution in [3.8, 4) is 5.75 Å². The maximum atomic E-state index is 12.2. The zero-order valence-corrected chi connectivity index (χ0v) is 17.6. The largest absolute Gasteiger partial charge is 0.505 e. The number of amides is 1. The summed E-state index contributed by atoms with van der Waals surface area (Å²) < 4.78 is 0. The number of phenols is 1. The van der Waals surface area contributed by atoms with Crippen LogP contribution in [0.5, 0.6) is 5.75 Å². The number of benzene rings is 2. The van der Waals surface area contributed by atoms with Gasteiger partial charge in [0.2, 0.25) is 0 Å². The molecule has 0 heterocycles. The molecule has 0 fully saturated rings. The number of nitrogens with zero attached hydrogens (tertiary/aromatic N) is 1. The molecule has 0 aliphatic heterocycles. The molecule has 0 aromatic heterocycles. The Hall–Kier alpha value is -3.32. The number of hydrogen-bond acceptors (Lipinski definition) is 6. The Morgan fingerprint density at radius 1 is 1.07 bits per heavy atom. The standard InChI is InChI=1S/C22H22ClN3O4/c1-4-15(12-8-10-13(23)11-9-12)24-17-18(21(29)20(17)28)25-16-7-5-6-14(19(16)27)22(30)26(2)3/h5-11,15,24-25,27H,4H2,1-3H3/t15-/m1/s1. The van der Waals surface area contributed by atoms with E-state index in [4.69, 9.17) is 11.6 Å². The predicted octanol–water partition coefficient (Wildman–Crippen LogP) is 3.65. The van der Waals surface area contributed by atoms with Gasteiger partial charge in [0.25, 0.3) is 16.8 Å². The van der Waals surface area contributed by atoms with Crippen LogP contribution in [-0.4, -0.2) is 30.0 Å². The van der Waals surface area contributed by atoms with E-state index in [-0.39, 0.29) is 40.3 Å². The van der Waals surface area contributed by atoms with Crippen molar-refractivity contribution in [2.24, 2.45) is 0 Å². The molecule has 7 nitrogen and oxygen atoms in total. The fourth-order valence-corrected chi connectivity index (χ4v) is 3.26. The van der Waals surface area contributed by atoms with Crippen LogP contribution in [-0.2, 0) is 0 Å². The third-order valence-electron chi connectivity index (χ3n) is 4.84. The van der Waals surface area contributed by atoms with Gasteiger partial charge in [-0.3, -0.25) is 14.4 Å². The molecular weight excluding hydrogens is 406 g/mol. The Bertz CT molecular complexity index is 1150. The quantitative estimate of drug-likeness (QED) is 0.393.